The Morgan fingerprint density at radius 2 is 0.617 bits per heavy atom. The lowest BCUT2D eigenvalue weighted by atomic mass is 9.95. The third-order valence-electron chi connectivity index (χ3n) is 11.5. The summed E-state index contributed by atoms with van der Waals surface area (Å²) >= 11 is 0. The number of rotatable bonds is 7. The lowest BCUT2D eigenvalue weighted by Gasteiger charge is -2.13. The molecule has 10 aromatic carbocycles. The van der Waals surface area contributed by atoms with Gasteiger partial charge in [-0.2, -0.15) is 0 Å². The maximum Gasteiger partial charge on any atom is 0.164 e. The van der Waals surface area contributed by atoms with Gasteiger partial charge in [-0.25, -0.2) is 15.0 Å². The largest absolute Gasteiger partial charge is 0.208 e. The zero-order chi connectivity index (χ0) is 39.8. The number of aromatic nitrogens is 3. The van der Waals surface area contributed by atoms with Crippen molar-refractivity contribution < 1.29 is 0 Å². The molecule has 0 atom stereocenters. The Balaban J connectivity index is 1.03. The van der Waals surface area contributed by atoms with E-state index in [0.29, 0.717) is 17.5 Å². The molecule has 0 fully saturated rings. The number of benzene rings is 10. The van der Waals surface area contributed by atoms with Gasteiger partial charge in [0.25, 0.3) is 0 Å². The molecular weight excluding hydrogens is 727 g/mol. The Morgan fingerprint density at radius 3 is 1.35 bits per heavy atom. The van der Waals surface area contributed by atoms with Crippen molar-refractivity contribution in [2.45, 2.75) is 0 Å². The molecule has 0 unspecified atom stereocenters. The normalized spacial score (nSPS) is 11.3. The minimum atomic E-state index is 0.623. The lowest BCUT2D eigenvalue weighted by molar-refractivity contribution is 1.08. The van der Waals surface area contributed by atoms with E-state index in [1.54, 1.807) is 0 Å². The molecule has 11 rings (SSSR count). The van der Waals surface area contributed by atoms with Crippen LogP contribution < -0.4 is 0 Å². The summed E-state index contributed by atoms with van der Waals surface area (Å²) in [5.74, 6) is 1.88. The van der Waals surface area contributed by atoms with Gasteiger partial charge in [-0.15, -0.1) is 0 Å². The van der Waals surface area contributed by atoms with Gasteiger partial charge < -0.3 is 0 Å². The van der Waals surface area contributed by atoms with Crippen LogP contribution in [0.3, 0.4) is 0 Å². The van der Waals surface area contributed by atoms with Crippen molar-refractivity contribution in [2.24, 2.45) is 0 Å². The standard InChI is InChI=1S/C57H37N3/c1-3-13-38(14-4-1)44-29-30-46-35-49(32-31-45(46)33-44)56-58-55(59-57(60-56)50-36-47-18-8-10-23-53(47)54(37-50)41-15-5-2-6-16-41)48-21-11-20-43(34-48)39-25-27-42(28-26-39)52-24-12-19-40-17-7-9-22-51(40)52/h1-37H. The van der Waals surface area contributed by atoms with Gasteiger partial charge in [-0.05, 0) is 107 Å². The van der Waals surface area contributed by atoms with Crippen LogP contribution in [0.4, 0.5) is 0 Å². The highest BCUT2D eigenvalue weighted by atomic mass is 15.0. The van der Waals surface area contributed by atoms with Crippen LogP contribution in [0.25, 0.3) is 111 Å². The summed E-state index contributed by atoms with van der Waals surface area (Å²) in [4.78, 5) is 15.7. The summed E-state index contributed by atoms with van der Waals surface area (Å²) in [5, 5.41) is 7.10. The van der Waals surface area contributed by atoms with Crippen LogP contribution in [-0.2, 0) is 0 Å². The van der Waals surface area contributed by atoms with Crippen molar-refractivity contribution in [1.29, 1.82) is 0 Å². The van der Waals surface area contributed by atoms with Crippen LogP contribution in [0.15, 0.2) is 224 Å². The molecule has 0 aliphatic rings. The molecule has 3 heteroatoms. The van der Waals surface area contributed by atoms with E-state index in [-0.39, 0.29) is 0 Å². The quantitative estimate of drug-likeness (QED) is 0.162. The van der Waals surface area contributed by atoms with Crippen molar-refractivity contribution in [2.75, 3.05) is 0 Å². The van der Waals surface area contributed by atoms with E-state index < -0.39 is 0 Å². The molecule has 0 radical (unpaired) electrons. The van der Waals surface area contributed by atoms with E-state index >= 15 is 0 Å². The van der Waals surface area contributed by atoms with Crippen LogP contribution in [-0.4, -0.2) is 15.0 Å². The predicted octanol–water partition coefficient (Wildman–Crippen LogP) is 15.0. The van der Waals surface area contributed by atoms with E-state index in [0.717, 1.165) is 55.1 Å². The second-order valence-electron chi connectivity index (χ2n) is 15.2. The van der Waals surface area contributed by atoms with Crippen molar-refractivity contribution in [1.82, 2.24) is 15.0 Å². The first-order valence-corrected chi connectivity index (χ1v) is 20.3. The highest BCUT2D eigenvalue weighted by Gasteiger charge is 2.16. The van der Waals surface area contributed by atoms with Gasteiger partial charge in [0, 0.05) is 16.7 Å². The van der Waals surface area contributed by atoms with Crippen LogP contribution in [0.5, 0.6) is 0 Å². The Bertz CT molecular complexity index is 3350. The van der Waals surface area contributed by atoms with Gasteiger partial charge in [0.05, 0.1) is 0 Å². The Hall–Kier alpha value is -8.01. The maximum absolute atomic E-state index is 5.24. The fourth-order valence-corrected chi connectivity index (χ4v) is 8.41. The van der Waals surface area contributed by atoms with E-state index in [2.05, 4.69) is 224 Å². The number of hydrogen-bond acceptors (Lipinski definition) is 3. The topological polar surface area (TPSA) is 38.7 Å². The van der Waals surface area contributed by atoms with Gasteiger partial charge in [-0.3, -0.25) is 0 Å². The number of fused-ring (bicyclic) bond motifs is 3. The van der Waals surface area contributed by atoms with Crippen LogP contribution in [0.1, 0.15) is 0 Å². The molecule has 0 bridgehead atoms. The van der Waals surface area contributed by atoms with Crippen molar-refractivity contribution in [3.8, 4) is 78.7 Å². The molecule has 0 aliphatic heterocycles. The van der Waals surface area contributed by atoms with Gasteiger partial charge >= 0.3 is 0 Å². The van der Waals surface area contributed by atoms with Crippen LogP contribution in [0.2, 0.25) is 0 Å². The molecule has 0 saturated heterocycles. The van der Waals surface area contributed by atoms with Gasteiger partial charge in [0.2, 0.25) is 0 Å². The average molecular weight is 764 g/mol. The first-order chi connectivity index (χ1) is 29.7. The lowest BCUT2D eigenvalue weighted by Crippen LogP contribution is -2.01. The summed E-state index contributed by atoms with van der Waals surface area (Å²) < 4.78 is 0. The Morgan fingerprint density at radius 1 is 0.200 bits per heavy atom. The molecule has 3 nitrogen and oxygen atoms in total. The molecule has 280 valence electrons. The van der Waals surface area contributed by atoms with Crippen molar-refractivity contribution in [3.63, 3.8) is 0 Å². The molecule has 1 heterocycles. The fraction of sp³-hybridized carbons (Fsp3) is 0. The summed E-state index contributed by atoms with van der Waals surface area (Å²) in [6.07, 6.45) is 0. The van der Waals surface area contributed by atoms with E-state index in [1.807, 2.05) is 0 Å². The van der Waals surface area contributed by atoms with Crippen molar-refractivity contribution in [3.05, 3.63) is 224 Å². The maximum atomic E-state index is 5.24. The zero-order valence-electron chi connectivity index (χ0n) is 32.7. The molecule has 0 spiro atoms. The minimum absolute atomic E-state index is 0.623. The molecule has 0 saturated carbocycles. The van der Waals surface area contributed by atoms with Crippen molar-refractivity contribution >= 4 is 32.3 Å². The van der Waals surface area contributed by atoms with E-state index in [4.69, 9.17) is 15.0 Å². The highest BCUT2D eigenvalue weighted by molar-refractivity contribution is 6.00. The average Bonchev–Trinajstić information content (AvgIpc) is 3.33. The van der Waals surface area contributed by atoms with Gasteiger partial charge in [0.1, 0.15) is 0 Å². The predicted molar refractivity (Wildman–Crippen MR) is 250 cm³/mol. The van der Waals surface area contributed by atoms with E-state index in [1.165, 1.54) is 38.4 Å². The second kappa shape index (κ2) is 15.1. The summed E-state index contributed by atoms with van der Waals surface area (Å²) in [6, 6.07) is 79.6. The summed E-state index contributed by atoms with van der Waals surface area (Å²) in [7, 11) is 0. The molecule has 0 N–H and O–H groups in total. The molecule has 0 amide bonds. The number of nitrogens with zero attached hydrogens (tertiary/aromatic N) is 3. The number of hydrogen-bond donors (Lipinski definition) is 0. The zero-order valence-corrected chi connectivity index (χ0v) is 32.7. The fourth-order valence-electron chi connectivity index (χ4n) is 8.41. The van der Waals surface area contributed by atoms with Gasteiger partial charge in [0.15, 0.2) is 17.5 Å². The van der Waals surface area contributed by atoms with Crippen LogP contribution >= 0.6 is 0 Å². The highest BCUT2D eigenvalue weighted by Crippen LogP contribution is 2.36. The first kappa shape index (κ1) is 35.2. The Labute approximate surface area is 349 Å². The minimum Gasteiger partial charge on any atom is -0.208 e. The smallest absolute Gasteiger partial charge is 0.164 e. The summed E-state index contributed by atoms with van der Waals surface area (Å²) in [5.41, 5.74) is 12.1. The second-order valence-corrected chi connectivity index (χ2v) is 15.2. The molecule has 60 heavy (non-hydrogen) atoms. The molecule has 0 aliphatic carbocycles. The first-order valence-electron chi connectivity index (χ1n) is 20.3. The molecule has 1 aromatic heterocycles. The Kier molecular flexibility index (Phi) is 8.83. The molecular formula is C57H37N3. The third kappa shape index (κ3) is 6.68. The summed E-state index contributed by atoms with van der Waals surface area (Å²) in [6.45, 7) is 0. The van der Waals surface area contributed by atoms with Gasteiger partial charge in [-0.1, -0.05) is 194 Å². The monoisotopic (exact) mass is 763 g/mol. The third-order valence-corrected chi connectivity index (χ3v) is 11.5. The molecule has 11 aromatic rings. The van der Waals surface area contributed by atoms with E-state index in [9.17, 15) is 0 Å². The van der Waals surface area contributed by atoms with Crippen LogP contribution in [0, 0.1) is 0 Å². The SMILES string of the molecule is c1ccc(-c2ccc3cc(-c4nc(-c5cccc(-c6ccc(-c7cccc8ccccc78)cc6)c5)nc(-c5cc(-c6ccccc6)c6ccccc6c5)n4)ccc3c2)cc1.